The third-order valence-corrected chi connectivity index (χ3v) is 3.55. The predicted octanol–water partition coefficient (Wildman–Crippen LogP) is 3.02. The number of benzene rings is 1. The van der Waals surface area contributed by atoms with E-state index in [4.69, 9.17) is 0 Å². The summed E-state index contributed by atoms with van der Waals surface area (Å²) in [7, 11) is 1.99. The minimum Gasteiger partial charge on any atom is -0.406 e. The van der Waals surface area contributed by atoms with Crippen LogP contribution in [0.5, 0.6) is 5.75 Å². The molecule has 118 valence electrons. The lowest BCUT2D eigenvalue weighted by Crippen LogP contribution is -2.36. The summed E-state index contributed by atoms with van der Waals surface area (Å²) in [5.74, 6) is 0.450. The van der Waals surface area contributed by atoms with E-state index in [1.807, 2.05) is 13.1 Å². The highest BCUT2D eigenvalue weighted by Crippen LogP contribution is 2.24. The van der Waals surface area contributed by atoms with E-state index >= 15 is 0 Å². The Hall–Kier alpha value is -1.27. The van der Waals surface area contributed by atoms with Gasteiger partial charge in [-0.1, -0.05) is 12.1 Å². The van der Waals surface area contributed by atoms with Gasteiger partial charge in [0.2, 0.25) is 0 Å². The van der Waals surface area contributed by atoms with Crippen LogP contribution in [0.25, 0.3) is 0 Å². The van der Waals surface area contributed by atoms with Gasteiger partial charge < -0.3 is 15.0 Å². The van der Waals surface area contributed by atoms with E-state index in [-0.39, 0.29) is 5.75 Å². The third-order valence-electron chi connectivity index (χ3n) is 3.55. The molecule has 3 nitrogen and oxygen atoms in total. The van der Waals surface area contributed by atoms with Gasteiger partial charge in [0, 0.05) is 13.1 Å². The molecule has 1 aliphatic heterocycles. The molecule has 1 fully saturated rings. The number of rotatable bonds is 5. The third kappa shape index (κ3) is 5.93. The van der Waals surface area contributed by atoms with Crippen LogP contribution in [0.3, 0.4) is 0 Å². The summed E-state index contributed by atoms with van der Waals surface area (Å²) in [6.07, 6.45) is -2.25. The maximum Gasteiger partial charge on any atom is 0.573 e. The van der Waals surface area contributed by atoms with Crippen LogP contribution in [0.1, 0.15) is 18.4 Å². The number of halogens is 3. The van der Waals surface area contributed by atoms with Crippen molar-refractivity contribution in [2.75, 3.05) is 26.7 Å². The normalized spacial score (nSPS) is 19.8. The molecule has 1 aliphatic rings. The van der Waals surface area contributed by atoms with Gasteiger partial charge in [-0.05, 0) is 56.6 Å². The summed E-state index contributed by atoms with van der Waals surface area (Å²) < 4.78 is 40.6. The number of piperidine rings is 1. The molecule has 0 aromatic heterocycles. The smallest absolute Gasteiger partial charge is 0.406 e. The predicted molar refractivity (Wildman–Crippen MR) is 75.1 cm³/mol. The van der Waals surface area contributed by atoms with Gasteiger partial charge in [0.1, 0.15) is 5.75 Å². The minimum atomic E-state index is -4.64. The standard InChI is InChI=1S/C15H21F3N2O/c1-20(11-13-5-3-7-19-9-13)10-12-4-2-6-14(8-12)21-15(16,17)18/h2,4,6,8,13,19H,3,5,7,9-11H2,1H3. The van der Waals surface area contributed by atoms with Gasteiger partial charge in [0.15, 0.2) is 0 Å². The maximum absolute atomic E-state index is 12.2. The van der Waals surface area contributed by atoms with Crippen LogP contribution in [0, 0.1) is 5.92 Å². The van der Waals surface area contributed by atoms with Gasteiger partial charge >= 0.3 is 6.36 Å². The van der Waals surface area contributed by atoms with Crippen molar-refractivity contribution in [3.63, 3.8) is 0 Å². The summed E-state index contributed by atoms with van der Waals surface area (Å²) in [4.78, 5) is 2.14. The van der Waals surface area contributed by atoms with Gasteiger partial charge in [-0.3, -0.25) is 0 Å². The van der Waals surface area contributed by atoms with Crippen molar-refractivity contribution in [3.05, 3.63) is 29.8 Å². The first-order chi connectivity index (χ1) is 9.92. The van der Waals surface area contributed by atoms with E-state index in [0.717, 1.165) is 25.2 Å². The minimum absolute atomic E-state index is 0.160. The number of hydrogen-bond acceptors (Lipinski definition) is 3. The SMILES string of the molecule is CN(Cc1cccc(OC(F)(F)F)c1)CC1CCCNC1. The molecule has 2 rings (SSSR count). The topological polar surface area (TPSA) is 24.5 Å². The van der Waals surface area contributed by atoms with Crippen molar-refractivity contribution in [2.24, 2.45) is 5.92 Å². The summed E-state index contributed by atoms with van der Waals surface area (Å²) >= 11 is 0. The molecular weight excluding hydrogens is 281 g/mol. The molecule has 1 aromatic carbocycles. The summed E-state index contributed by atoms with van der Waals surface area (Å²) in [6, 6.07) is 6.18. The zero-order valence-corrected chi connectivity index (χ0v) is 12.1. The van der Waals surface area contributed by atoms with Crippen LogP contribution in [-0.4, -0.2) is 37.9 Å². The molecule has 1 saturated heterocycles. The number of hydrogen-bond donors (Lipinski definition) is 1. The molecule has 21 heavy (non-hydrogen) atoms. The zero-order chi connectivity index (χ0) is 15.3. The Morgan fingerprint density at radius 3 is 2.86 bits per heavy atom. The Bertz CT molecular complexity index is 445. The Morgan fingerprint density at radius 2 is 2.19 bits per heavy atom. The van der Waals surface area contributed by atoms with Gasteiger partial charge in [0.05, 0.1) is 0 Å². The molecule has 6 heteroatoms. The monoisotopic (exact) mass is 302 g/mol. The fraction of sp³-hybridized carbons (Fsp3) is 0.600. The number of alkyl halides is 3. The van der Waals surface area contributed by atoms with Crippen molar-refractivity contribution in [3.8, 4) is 5.75 Å². The first kappa shape index (κ1) is 16.1. The van der Waals surface area contributed by atoms with E-state index in [0.29, 0.717) is 12.5 Å². The van der Waals surface area contributed by atoms with Gasteiger partial charge in [-0.2, -0.15) is 0 Å². The van der Waals surface area contributed by atoms with Crippen LogP contribution >= 0.6 is 0 Å². The molecule has 1 heterocycles. The lowest BCUT2D eigenvalue weighted by Gasteiger charge is -2.27. The van der Waals surface area contributed by atoms with E-state index in [1.54, 1.807) is 6.07 Å². The van der Waals surface area contributed by atoms with Crippen LogP contribution in [0.2, 0.25) is 0 Å². The molecular formula is C15H21F3N2O. The number of ether oxygens (including phenoxy) is 1. The van der Waals surface area contributed by atoms with Crippen molar-refractivity contribution >= 4 is 0 Å². The van der Waals surface area contributed by atoms with E-state index in [2.05, 4.69) is 15.0 Å². The zero-order valence-electron chi connectivity index (χ0n) is 12.1. The molecule has 1 unspecified atom stereocenters. The van der Waals surface area contributed by atoms with Crippen molar-refractivity contribution in [2.45, 2.75) is 25.7 Å². The molecule has 0 saturated carbocycles. The summed E-state index contributed by atoms with van der Waals surface area (Å²) in [5.41, 5.74) is 0.822. The van der Waals surface area contributed by atoms with Crippen LogP contribution < -0.4 is 10.1 Å². The highest BCUT2D eigenvalue weighted by atomic mass is 19.4. The number of nitrogens with zero attached hydrogens (tertiary/aromatic N) is 1. The van der Waals surface area contributed by atoms with Crippen molar-refractivity contribution < 1.29 is 17.9 Å². The van der Waals surface area contributed by atoms with Crippen molar-refractivity contribution in [1.82, 2.24) is 10.2 Å². The molecule has 1 atom stereocenters. The molecule has 0 aliphatic carbocycles. The average Bonchev–Trinajstić information content (AvgIpc) is 2.38. The van der Waals surface area contributed by atoms with E-state index in [1.165, 1.54) is 25.0 Å². The molecule has 1 N–H and O–H groups in total. The molecule has 0 spiro atoms. The fourth-order valence-electron chi connectivity index (χ4n) is 2.74. The van der Waals surface area contributed by atoms with Crippen LogP contribution in [0.15, 0.2) is 24.3 Å². The van der Waals surface area contributed by atoms with E-state index in [9.17, 15) is 13.2 Å². The molecule has 0 radical (unpaired) electrons. The number of nitrogens with one attached hydrogen (secondary N) is 1. The quantitative estimate of drug-likeness (QED) is 0.905. The second-order valence-corrected chi connectivity index (χ2v) is 5.60. The van der Waals surface area contributed by atoms with Gasteiger partial charge in [0.25, 0.3) is 0 Å². The summed E-state index contributed by atoms with van der Waals surface area (Å²) in [5, 5.41) is 3.37. The molecule has 0 amide bonds. The van der Waals surface area contributed by atoms with Crippen LogP contribution in [-0.2, 0) is 6.54 Å². The van der Waals surface area contributed by atoms with Gasteiger partial charge in [-0.25, -0.2) is 0 Å². The van der Waals surface area contributed by atoms with E-state index < -0.39 is 6.36 Å². The Labute approximate surface area is 123 Å². The average molecular weight is 302 g/mol. The van der Waals surface area contributed by atoms with Crippen LogP contribution in [0.4, 0.5) is 13.2 Å². The Morgan fingerprint density at radius 1 is 1.38 bits per heavy atom. The first-order valence-corrected chi connectivity index (χ1v) is 7.16. The lowest BCUT2D eigenvalue weighted by atomic mass is 9.99. The molecule has 0 bridgehead atoms. The Kier molecular flexibility index (Phi) is 5.47. The highest BCUT2D eigenvalue weighted by Gasteiger charge is 2.31. The molecule has 1 aromatic rings. The van der Waals surface area contributed by atoms with Gasteiger partial charge in [-0.15, -0.1) is 13.2 Å². The second kappa shape index (κ2) is 7.13. The highest BCUT2D eigenvalue weighted by molar-refractivity contribution is 5.28. The second-order valence-electron chi connectivity index (χ2n) is 5.60. The maximum atomic E-state index is 12.2. The first-order valence-electron chi connectivity index (χ1n) is 7.16. The summed E-state index contributed by atoms with van der Waals surface area (Å²) in [6.45, 7) is 3.65. The Balaban J connectivity index is 1.88. The fourth-order valence-corrected chi connectivity index (χ4v) is 2.74. The largest absolute Gasteiger partial charge is 0.573 e. The lowest BCUT2D eigenvalue weighted by molar-refractivity contribution is -0.274. The van der Waals surface area contributed by atoms with Crippen molar-refractivity contribution in [1.29, 1.82) is 0 Å².